The minimum absolute atomic E-state index is 0.0726. The van der Waals surface area contributed by atoms with Crippen molar-refractivity contribution in [2.45, 2.75) is 6.92 Å². The first-order chi connectivity index (χ1) is 11.5. The van der Waals surface area contributed by atoms with Crippen molar-refractivity contribution in [2.24, 2.45) is 0 Å². The van der Waals surface area contributed by atoms with Gasteiger partial charge >= 0.3 is 5.97 Å². The molecule has 0 atom stereocenters. The molecule has 24 heavy (non-hydrogen) atoms. The Kier molecular flexibility index (Phi) is 3.95. The summed E-state index contributed by atoms with van der Waals surface area (Å²) in [7, 11) is 0. The van der Waals surface area contributed by atoms with E-state index in [0.717, 1.165) is 6.07 Å². The van der Waals surface area contributed by atoms with Gasteiger partial charge in [0.2, 0.25) is 0 Å². The highest BCUT2D eigenvalue weighted by atomic mass is 19.2. The molecule has 3 rings (SSSR count). The fourth-order valence-electron chi connectivity index (χ4n) is 2.24. The van der Waals surface area contributed by atoms with Gasteiger partial charge in [0.25, 0.3) is 0 Å². The highest BCUT2D eigenvalue weighted by molar-refractivity contribution is 5.95. The maximum Gasteiger partial charge on any atom is 0.337 e. The van der Waals surface area contributed by atoms with Crippen LogP contribution in [-0.2, 0) is 0 Å². The zero-order valence-corrected chi connectivity index (χ0v) is 12.5. The van der Waals surface area contributed by atoms with Gasteiger partial charge in [-0.05, 0) is 25.1 Å². The molecule has 1 aromatic carbocycles. The highest BCUT2D eigenvalue weighted by Gasteiger charge is 2.17. The van der Waals surface area contributed by atoms with Gasteiger partial charge in [-0.25, -0.2) is 18.3 Å². The van der Waals surface area contributed by atoms with Crippen LogP contribution in [0, 0.1) is 18.6 Å². The maximum atomic E-state index is 13.5. The van der Waals surface area contributed by atoms with Crippen molar-refractivity contribution in [3.05, 3.63) is 65.6 Å². The van der Waals surface area contributed by atoms with Gasteiger partial charge in [0.05, 0.1) is 22.6 Å². The summed E-state index contributed by atoms with van der Waals surface area (Å²) in [6.45, 7) is 1.76. The van der Waals surface area contributed by atoms with Crippen LogP contribution in [0.25, 0.3) is 5.69 Å². The molecule has 3 aromatic rings. The number of anilines is 2. The van der Waals surface area contributed by atoms with E-state index in [1.807, 2.05) is 0 Å². The summed E-state index contributed by atoms with van der Waals surface area (Å²) < 4.78 is 28.3. The molecule has 0 aliphatic carbocycles. The Labute approximate surface area is 135 Å². The van der Waals surface area contributed by atoms with E-state index in [0.29, 0.717) is 23.3 Å². The summed E-state index contributed by atoms with van der Waals surface area (Å²) in [5, 5.41) is 16.3. The van der Waals surface area contributed by atoms with E-state index in [2.05, 4.69) is 15.4 Å². The average molecular weight is 330 g/mol. The van der Waals surface area contributed by atoms with Gasteiger partial charge in [0.15, 0.2) is 11.6 Å². The molecular weight excluding hydrogens is 318 g/mol. The third-order valence-corrected chi connectivity index (χ3v) is 3.29. The van der Waals surface area contributed by atoms with Gasteiger partial charge in [0, 0.05) is 24.5 Å². The Morgan fingerprint density at radius 1 is 1.17 bits per heavy atom. The number of pyridine rings is 1. The first kappa shape index (κ1) is 15.6. The van der Waals surface area contributed by atoms with Crippen LogP contribution in [0.5, 0.6) is 0 Å². The Bertz CT molecular complexity index is 910. The van der Waals surface area contributed by atoms with Gasteiger partial charge in [-0.15, -0.1) is 0 Å². The molecule has 0 fully saturated rings. The van der Waals surface area contributed by atoms with Crippen LogP contribution in [0.4, 0.5) is 20.3 Å². The van der Waals surface area contributed by atoms with E-state index in [4.69, 9.17) is 0 Å². The lowest BCUT2D eigenvalue weighted by molar-refractivity contribution is 0.0697. The van der Waals surface area contributed by atoms with E-state index >= 15 is 0 Å². The third-order valence-electron chi connectivity index (χ3n) is 3.29. The number of aromatic carboxylic acids is 1. The van der Waals surface area contributed by atoms with Gasteiger partial charge in [-0.1, -0.05) is 0 Å². The third kappa shape index (κ3) is 2.94. The topological polar surface area (TPSA) is 80.0 Å². The first-order valence-corrected chi connectivity index (χ1v) is 6.92. The van der Waals surface area contributed by atoms with Gasteiger partial charge < -0.3 is 10.4 Å². The van der Waals surface area contributed by atoms with E-state index in [-0.39, 0.29) is 11.3 Å². The number of nitrogens with one attached hydrogen (secondary N) is 1. The van der Waals surface area contributed by atoms with Crippen LogP contribution in [-0.4, -0.2) is 25.8 Å². The number of benzene rings is 1. The smallest absolute Gasteiger partial charge is 0.337 e. The van der Waals surface area contributed by atoms with E-state index in [9.17, 15) is 18.7 Å². The number of carboxylic acid groups (broad SMARTS) is 1. The molecule has 0 aliphatic heterocycles. The van der Waals surface area contributed by atoms with Gasteiger partial charge in [-0.3, -0.25) is 4.98 Å². The molecule has 0 saturated heterocycles. The first-order valence-electron chi connectivity index (χ1n) is 6.92. The predicted octanol–water partition coefficient (Wildman–Crippen LogP) is 3.30. The minimum Gasteiger partial charge on any atom is -0.478 e. The Morgan fingerprint density at radius 2 is 1.83 bits per heavy atom. The molecule has 2 N–H and O–H groups in total. The molecule has 8 heteroatoms. The highest BCUT2D eigenvalue weighted by Crippen LogP contribution is 2.26. The average Bonchev–Trinajstić information content (AvgIpc) is 2.92. The molecule has 122 valence electrons. The molecule has 0 bridgehead atoms. The summed E-state index contributed by atoms with van der Waals surface area (Å²) in [6, 6.07) is 6.52. The van der Waals surface area contributed by atoms with Crippen molar-refractivity contribution < 1.29 is 18.7 Å². The molecule has 0 saturated carbocycles. The predicted molar refractivity (Wildman–Crippen MR) is 82.7 cm³/mol. The van der Waals surface area contributed by atoms with E-state index in [1.165, 1.54) is 4.68 Å². The Balaban J connectivity index is 2.07. The molecule has 0 aliphatic rings. The van der Waals surface area contributed by atoms with Crippen molar-refractivity contribution in [3.63, 3.8) is 0 Å². The molecule has 2 aromatic heterocycles. The van der Waals surface area contributed by atoms with Crippen LogP contribution < -0.4 is 5.32 Å². The standard InChI is InChI=1S/C16H12F2N4O2/c1-9-6-15(22(21-9)10-2-4-19-5-3-10)20-14-8-13(18)12(17)7-11(14)16(23)24/h2-8,20H,1H3,(H,23,24). The SMILES string of the molecule is Cc1cc(Nc2cc(F)c(F)cc2C(=O)O)n(-c2ccncc2)n1. The maximum absolute atomic E-state index is 13.5. The molecule has 0 amide bonds. The number of aryl methyl sites for hydroxylation is 1. The lowest BCUT2D eigenvalue weighted by Crippen LogP contribution is -2.08. The lowest BCUT2D eigenvalue weighted by atomic mass is 10.1. The number of carboxylic acids is 1. The number of nitrogens with zero attached hydrogens (tertiary/aromatic N) is 3. The largest absolute Gasteiger partial charge is 0.478 e. The monoisotopic (exact) mass is 330 g/mol. The molecule has 0 spiro atoms. The number of aromatic nitrogens is 3. The van der Waals surface area contributed by atoms with E-state index < -0.39 is 17.6 Å². The second-order valence-corrected chi connectivity index (χ2v) is 5.03. The Hall–Kier alpha value is -3.29. The van der Waals surface area contributed by atoms with Gasteiger partial charge in [0.1, 0.15) is 5.82 Å². The zero-order chi connectivity index (χ0) is 17.3. The summed E-state index contributed by atoms with van der Waals surface area (Å²) in [5.74, 6) is -3.33. The summed E-state index contributed by atoms with van der Waals surface area (Å²) in [6.07, 6.45) is 3.16. The van der Waals surface area contributed by atoms with Crippen LogP contribution >= 0.6 is 0 Å². The number of carbonyl (C=O) groups is 1. The number of halogens is 2. The van der Waals surface area contributed by atoms with Crippen LogP contribution in [0.15, 0.2) is 42.7 Å². The molecular formula is C16H12F2N4O2. The normalized spacial score (nSPS) is 10.6. The van der Waals surface area contributed by atoms with Crippen LogP contribution in [0.2, 0.25) is 0 Å². The van der Waals surface area contributed by atoms with E-state index in [1.54, 1.807) is 37.5 Å². The molecule has 0 radical (unpaired) electrons. The second kappa shape index (κ2) is 6.07. The van der Waals surface area contributed by atoms with Gasteiger partial charge in [-0.2, -0.15) is 5.10 Å². The molecule has 2 heterocycles. The zero-order valence-electron chi connectivity index (χ0n) is 12.5. The van der Waals surface area contributed by atoms with Crippen molar-refractivity contribution in [3.8, 4) is 5.69 Å². The summed E-state index contributed by atoms with van der Waals surface area (Å²) >= 11 is 0. The van der Waals surface area contributed by atoms with Crippen molar-refractivity contribution in [2.75, 3.05) is 5.32 Å². The summed E-state index contributed by atoms with van der Waals surface area (Å²) in [4.78, 5) is 15.2. The fourth-order valence-corrected chi connectivity index (χ4v) is 2.24. The van der Waals surface area contributed by atoms with Crippen LogP contribution in [0.3, 0.4) is 0 Å². The minimum atomic E-state index is -1.37. The molecule has 0 unspecified atom stereocenters. The van der Waals surface area contributed by atoms with Crippen LogP contribution in [0.1, 0.15) is 16.1 Å². The quantitative estimate of drug-likeness (QED) is 0.767. The summed E-state index contributed by atoms with van der Waals surface area (Å²) in [5.41, 5.74) is 0.888. The number of hydrogen-bond acceptors (Lipinski definition) is 4. The Morgan fingerprint density at radius 3 is 2.50 bits per heavy atom. The molecule has 6 nitrogen and oxygen atoms in total. The number of hydrogen-bond donors (Lipinski definition) is 2. The van der Waals surface area contributed by atoms with Crippen molar-refractivity contribution in [1.29, 1.82) is 0 Å². The number of rotatable bonds is 4. The fraction of sp³-hybridized carbons (Fsp3) is 0.0625. The van der Waals surface area contributed by atoms with Crippen molar-refractivity contribution in [1.82, 2.24) is 14.8 Å². The van der Waals surface area contributed by atoms with Crippen molar-refractivity contribution >= 4 is 17.5 Å². The lowest BCUT2D eigenvalue weighted by Gasteiger charge is -2.12. The second-order valence-electron chi connectivity index (χ2n) is 5.03.